The molecule has 1 heterocycles. The molecular weight excluding hydrogens is 224 g/mol. The van der Waals surface area contributed by atoms with Crippen molar-refractivity contribution in [3.63, 3.8) is 0 Å². The van der Waals surface area contributed by atoms with Gasteiger partial charge in [-0.2, -0.15) is 0 Å². The molecule has 0 aliphatic rings. The van der Waals surface area contributed by atoms with Crippen LogP contribution < -0.4 is 5.32 Å². The van der Waals surface area contributed by atoms with E-state index in [1.54, 1.807) is 19.3 Å². The molecule has 0 saturated heterocycles. The van der Waals surface area contributed by atoms with Crippen LogP contribution in [0.1, 0.15) is 18.5 Å². The summed E-state index contributed by atoms with van der Waals surface area (Å²) in [5, 5.41) is 2.99. The van der Waals surface area contributed by atoms with Crippen molar-refractivity contribution in [3.05, 3.63) is 54.1 Å². The van der Waals surface area contributed by atoms with Crippen LogP contribution in [0.3, 0.4) is 0 Å². The predicted octanol–water partition coefficient (Wildman–Crippen LogP) is 2.93. The van der Waals surface area contributed by atoms with Gasteiger partial charge in [0.15, 0.2) is 0 Å². The molecule has 0 aliphatic heterocycles. The number of halogens is 2. The molecule has 1 aromatic carbocycles. The van der Waals surface area contributed by atoms with Crippen LogP contribution in [0.2, 0.25) is 0 Å². The third kappa shape index (κ3) is 2.75. The first-order valence-electron chi connectivity index (χ1n) is 5.13. The first-order chi connectivity index (χ1) is 8.16. The van der Waals surface area contributed by atoms with E-state index in [0.717, 1.165) is 12.1 Å². The third-order valence-electron chi connectivity index (χ3n) is 2.37. The van der Waals surface area contributed by atoms with Crippen molar-refractivity contribution in [2.75, 3.05) is 5.32 Å². The summed E-state index contributed by atoms with van der Waals surface area (Å²) in [6.45, 7) is 1.74. The summed E-state index contributed by atoms with van der Waals surface area (Å²) in [5.74, 6) is -0.900. The first kappa shape index (κ1) is 11.4. The number of rotatable bonds is 3. The van der Waals surface area contributed by atoms with E-state index < -0.39 is 11.6 Å². The standard InChI is InChI=1S/C12H11F2N3/c1-8(17-10-5-15-7-16-6-10)11-4-9(13)2-3-12(11)14/h2-8,17H,1H3. The van der Waals surface area contributed by atoms with Crippen molar-refractivity contribution >= 4 is 5.69 Å². The van der Waals surface area contributed by atoms with Crippen LogP contribution in [0.5, 0.6) is 0 Å². The fraction of sp³-hybridized carbons (Fsp3) is 0.167. The van der Waals surface area contributed by atoms with Gasteiger partial charge in [-0.15, -0.1) is 0 Å². The summed E-state index contributed by atoms with van der Waals surface area (Å²) in [6.07, 6.45) is 4.54. The van der Waals surface area contributed by atoms with E-state index in [9.17, 15) is 8.78 Å². The van der Waals surface area contributed by atoms with Crippen LogP contribution in [0.15, 0.2) is 36.9 Å². The average Bonchev–Trinajstić information content (AvgIpc) is 2.33. The number of hydrogen-bond donors (Lipinski definition) is 1. The SMILES string of the molecule is CC(Nc1cncnc1)c1cc(F)ccc1F. The number of benzene rings is 1. The zero-order valence-corrected chi connectivity index (χ0v) is 9.19. The molecule has 0 radical (unpaired) electrons. The summed E-state index contributed by atoms with van der Waals surface area (Å²) in [7, 11) is 0. The second-order valence-corrected chi connectivity index (χ2v) is 3.66. The van der Waals surface area contributed by atoms with Gasteiger partial charge in [-0.3, -0.25) is 0 Å². The maximum atomic E-state index is 13.5. The number of nitrogens with zero attached hydrogens (tertiary/aromatic N) is 2. The molecule has 0 aliphatic carbocycles. The maximum absolute atomic E-state index is 13.5. The zero-order valence-electron chi connectivity index (χ0n) is 9.19. The Morgan fingerprint density at radius 2 is 1.88 bits per heavy atom. The van der Waals surface area contributed by atoms with E-state index in [1.165, 1.54) is 12.4 Å². The Balaban J connectivity index is 2.20. The van der Waals surface area contributed by atoms with Gasteiger partial charge in [-0.05, 0) is 25.1 Å². The molecule has 2 aromatic rings. The molecular formula is C12H11F2N3. The Labute approximate surface area is 97.5 Å². The van der Waals surface area contributed by atoms with Gasteiger partial charge in [0.25, 0.3) is 0 Å². The zero-order chi connectivity index (χ0) is 12.3. The highest BCUT2D eigenvalue weighted by atomic mass is 19.1. The minimum Gasteiger partial charge on any atom is -0.376 e. The highest BCUT2D eigenvalue weighted by Gasteiger charge is 2.11. The van der Waals surface area contributed by atoms with Crippen LogP contribution in [-0.2, 0) is 0 Å². The van der Waals surface area contributed by atoms with Crippen LogP contribution in [0.25, 0.3) is 0 Å². The van der Waals surface area contributed by atoms with Gasteiger partial charge in [0, 0.05) is 5.56 Å². The fourth-order valence-electron chi connectivity index (χ4n) is 1.55. The van der Waals surface area contributed by atoms with E-state index in [2.05, 4.69) is 15.3 Å². The molecule has 3 nitrogen and oxygen atoms in total. The van der Waals surface area contributed by atoms with E-state index >= 15 is 0 Å². The molecule has 17 heavy (non-hydrogen) atoms. The van der Waals surface area contributed by atoms with Crippen molar-refractivity contribution in [2.24, 2.45) is 0 Å². The Kier molecular flexibility index (Phi) is 3.27. The van der Waals surface area contributed by atoms with E-state index in [1.807, 2.05) is 0 Å². The highest BCUT2D eigenvalue weighted by molar-refractivity contribution is 5.41. The molecule has 1 N–H and O–H groups in total. The second kappa shape index (κ2) is 4.86. The van der Waals surface area contributed by atoms with Gasteiger partial charge in [-0.1, -0.05) is 0 Å². The Morgan fingerprint density at radius 3 is 2.59 bits per heavy atom. The molecule has 1 aromatic heterocycles. The van der Waals surface area contributed by atoms with Crippen molar-refractivity contribution in [3.8, 4) is 0 Å². The number of aromatic nitrogens is 2. The molecule has 0 amide bonds. The van der Waals surface area contributed by atoms with Crippen molar-refractivity contribution in [2.45, 2.75) is 13.0 Å². The monoisotopic (exact) mass is 235 g/mol. The molecule has 0 bridgehead atoms. The summed E-state index contributed by atoms with van der Waals surface area (Å²) < 4.78 is 26.5. The summed E-state index contributed by atoms with van der Waals surface area (Å²) in [5.41, 5.74) is 0.928. The van der Waals surface area contributed by atoms with Gasteiger partial charge in [0.2, 0.25) is 0 Å². The van der Waals surface area contributed by atoms with Gasteiger partial charge >= 0.3 is 0 Å². The second-order valence-electron chi connectivity index (χ2n) is 3.66. The molecule has 2 rings (SSSR count). The lowest BCUT2D eigenvalue weighted by Crippen LogP contribution is -2.09. The van der Waals surface area contributed by atoms with E-state index in [4.69, 9.17) is 0 Å². The number of hydrogen-bond acceptors (Lipinski definition) is 3. The molecule has 1 unspecified atom stereocenters. The van der Waals surface area contributed by atoms with Crippen molar-refractivity contribution < 1.29 is 8.78 Å². The van der Waals surface area contributed by atoms with Crippen LogP contribution in [-0.4, -0.2) is 9.97 Å². The molecule has 1 atom stereocenters. The largest absolute Gasteiger partial charge is 0.376 e. The summed E-state index contributed by atoms with van der Waals surface area (Å²) in [4.78, 5) is 7.66. The minimum atomic E-state index is -0.459. The van der Waals surface area contributed by atoms with Crippen molar-refractivity contribution in [1.29, 1.82) is 0 Å². The predicted molar refractivity (Wildman–Crippen MR) is 60.4 cm³/mol. The Hall–Kier alpha value is -2.04. The normalized spacial score (nSPS) is 12.2. The van der Waals surface area contributed by atoms with Crippen LogP contribution in [0.4, 0.5) is 14.5 Å². The number of nitrogens with one attached hydrogen (secondary N) is 1. The van der Waals surface area contributed by atoms with Crippen LogP contribution in [0, 0.1) is 11.6 Å². The summed E-state index contributed by atoms with van der Waals surface area (Å²) >= 11 is 0. The molecule has 0 fully saturated rings. The fourth-order valence-corrected chi connectivity index (χ4v) is 1.55. The summed E-state index contributed by atoms with van der Waals surface area (Å²) in [6, 6.07) is 3.02. The third-order valence-corrected chi connectivity index (χ3v) is 2.37. The molecule has 0 spiro atoms. The molecule has 0 saturated carbocycles. The lowest BCUT2D eigenvalue weighted by atomic mass is 10.1. The van der Waals surface area contributed by atoms with Crippen LogP contribution >= 0.6 is 0 Å². The Morgan fingerprint density at radius 1 is 1.18 bits per heavy atom. The topological polar surface area (TPSA) is 37.8 Å². The highest BCUT2D eigenvalue weighted by Crippen LogP contribution is 2.21. The van der Waals surface area contributed by atoms with Gasteiger partial charge in [0.05, 0.1) is 24.1 Å². The van der Waals surface area contributed by atoms with Gasteiger partial charge in [-0.25, -0.2) is 18.7 Å². The lowest BCUT2D eigenvalue weighted by molar-refractivity contribution is 0.577. The van der Waals surface area contributed by atoms with E-state index in [-0.39, 0.29) is 11.6 Å². The number of anilines is 1. The lowest BCUT2D eigenvalue weighted by Gasteiger charge is -2.15. The minimum absolute atomic E-state index is 0.272. The van der Waals surface area contributed by atoms with E-state index in [0.29, 0.717) is 5.69 Å². The van der Waals surface area contributed by atoms with Gasteiger partial charge in [0.1, 0.15) is 18.0 Å². The average molecular weight is 235 g/mol. The smallest absolute Gasteiger partial charge is 0.128 e. The van der Waals surface area contributed by atoms with Gasteiger partial charge < -0.3 is 5.32 Å². The molecule has 5 heteroatoms. The molecule has 88 valence electrons. The first-order valence-corrected chi connectivity index (χ1v) is 5.13. The quantitative estimate of drug-likeness (QED) is 0.888. The van der Waals surface area contributed by atoms with Crippen molar-refractivity contribution in [1.82, 2.24) is 9.97 Å². The Bertz CT molecular complexity index is 502. The maximum Gasteiger partial charge on any atom is 0.128 e.